The Balaban J connectivity index is 2.05. The van der Waals surface area contributed by atoms with E-state index in [2.05, 4.69) is 4.98 Å². The van der Waals surface area contributed by atoms with Crippen molar-refractivity contribution in [3.05, 3.63) is 71.8 Å². The summed E-state index contributed by atoms with van der Waals surface area (Å²) in [5.41, 5.74) is 1.76. The summed E-state index contributed by atoms with van der Waals surface area (Å²) in [6.07, 6.45) is 6.61. The summed E-state index contributed by atoms with van der Waals surface area (Å²) in [6.45, 7) is 1.91. The summed E-state index contributed by atoms with van der Waals surface area (Å²) in [7, 11) is 1.73. The van der Waals surface area contributed by atoms with Crippen LogP contribution in [0.5, 0.6) is 0 Å². The molecule has 0 spiro atoms. The lowest BCUT2D eigenvalue weighted by Crippen LogP contribution is -2.27. The highest BCUT2D eigenvalue weighted by molar-refractivity contribution is 5.91. The molecule has 0 N–H and O–H groups in total. The molecule has 2 rings (SSSR count). The fourth-order valence-electron chi connectivity index (χ4n) is 1.92. The Morgan fingerprint density at radius 1 is 1.29 bits per heavy atom. The number of benzene rings is 1. The van der Waals surface area contributed by atoms with Gasteiger partial charge in [0.2, 0.25) is 5.91 Å². The molecule has 0 fully saturated rings. The predicted octanol–water partition coefficient (Wildman–Crippen LogP) is 3.45. The van der Waals surface area contributed by atoms with Crippen molar-refractivity contribution in [3.8, 4) is 0 Å². The maximum atomic E-state index is 12.9. The van der Waals surface area contributed by atoms with Crippen LogP contribution in [0, 0.1) is 5.82 Å². The number of carbonyl (C=O) groups excluding carboxylic acids is 1. The number of aromatic nitrogens is 1. The topological polar surface area (TPSA) is 33.2 Å². The van der Waals surface area contributed by atoms with Gasteiger partial charge in [0.05, 0.1) is 6.04 Å². The summed E-state index contributed by atoms with van der Waals surface area (Å²) in [5.74, 6) is -0.396. The molecule has 1 aromatic heterocycles. The second kappa shape index (κ2) is 6.79. The third kappa shape index (κ3) is 3.99. The lowest BCUT2D eigenvalue weighted by Gasteiger charge is -2.24. The molecule has 21 heavy (non-hydrogen) atoms. The van der Waals surface area contributed by atoms with E-state index in [0.29, 0.717) is 0 Å². The molecule has 2 aromatic rings. The zero-order chi connectivity index (χ0) is 15.2. The minimum atomic E-state index is -0.281. The molecule has 0 saturated heterocycles. The molecule has 1 heterocycles. The third-order valence-corrected chi connectivity index (χ3v) is 3.38. The normalized spacial score (nSPS) is 12.3. The number of carbonyl (C=O) groups is 1. The molecule has 3 nitrogen and oxygen atoms in total. The molecule has 1 aromatic carbocycles. The average molecular weight is 284 g/mol. The Bertz CT molecular complexity index is 623. The van der Waals surface area contributed by atoms with Crippen molar-refractivity contribution in [2.24, 2.45) is 0 Å². The van der Waals surface area contributed by atoms with Crippen molar-refractivity contribution >= 4 is 12.0 Å². The molecule has 0 aliphatic rings. The van der Waals surface area contributed by atoms with E-state index in [4.69, 9.17) is 0 Å². The summed E-state index contributed by atoms with van der Waals surface area (Å²) >= 11 is 0. The van der Waals surface area contributed by atoms with Crippen LogP contribution >= 0.6 is 0 Å². The minimum Gasteiger partial charge on any atom is -0.335 e. The van der Waals surface area contributed by atoms with Gasteiger partial charge in [-0.15, -0.1) is 0 Å². The van der Waals surface area contributed by atoms with Crippen molar-refractivity contribution in [3.63, 3.8) is 0 Å². The lowest BCUT2D eigenvalue weighted by molar-refractivity contribution is -0.126. The zero-order valence-electron chi connectivity index (χ0n) is 12.0. The van der Waals surface area contributed by atoms with E-state index in [0.717, 1.165) is 11.1 Å². The number of likely N-dealkylation sites (N-methyl/N-ethyl adjacent to an activating group) is 1. The number of pyridine rings is 1. The van der Waals surface area contributed by atoms with Crippen molar-refractivity contribution in [2.45, 2.75) is 13.0 Å². The van der Waals surface area contributed by atoms with Gasteiger partial charge in [-0.3, -0.25) is 9.78 Å². The molecular weight excluding hydrogens is 267 g/mol. The van der Waals surface area contributed by atoms with Crippen LogP contribution in [0.25, 0.3) is 6.08 Å². The van der Waals surface area contributed by atoms with Gasteiger partial charge in [0.1, 0.15) is 5.82 Å². The maximum Gasteiger partial charge on any atom is 0.246 e. The van der Waals surface area contributed by atoms with Gasteiger partial charge in [-0.1, -0.05) is 18.2 Å². The standard InChI is InChI=1S/C17H17FN2O/c1-13(15-6-8-16(18)9-7-15)20(2)17(21)10-5-14-4-3-11-19-12-14/h3-13H,1-2H3/b10-5+. The van der Waals surface area contributed by atoms with Gasteiger partial charge in [0.25, 0.3) is 0 Å². The van der Waals surface area contributed by atoms with Crippen LogP contribution in [0.2, 0.25) is 0 Å². The second-order valence-electron chi connectivity index (χ2n) is 4.80. The Morgan fingerprint density at radius 2 is 2.00 bits per heavy atom. The van der Waals surface area contributed by atoms with E-state index in [1.807, 2.05) is 19.1 Å². The monoisotopic (exact) mass is 284 g/mol. The van der Waals surface area contributed by atoms with Crippen LogP contribution in [0.3, 0.4) is 0 Å². The van der Waals surface area contributed by atoms with E-state index in [-0.39, 0.29) is 17.8 Å². The summed E-state index contributed by atoms with van der Waals surface area (Å²) < 4.78 is 12.9. The second-order valence-corrected chi connectivity index (χ2v) is 4.80. The fourth-order valence-corrected chi connectivity index (χ4v) is 1.92. The molecule has 0 bridgehead atoms. The molecule has 108 valence electrons. The van der Waals surface area contributed by atoms with Crippen molar-refractivity contribution in [2.75, 3.05) is 7.05 Å². The van der Waals surface area contributed by atoms with E-state index < -0.39 is 0 Å². The van der Waals surface area contributed by atoms with Gasteiger partial charge in [-0.25, -0.2) is 4.39 Å². The number of rotatable bonds is 4. The first-order valence-electron chi connectivity index (χ1n) is 6.68. The number of halogens is 1. The van der Waals surface area contributed by atoms with Gasteiger partial charge < -0.3 is 4.90 Å². The van der Waals surface area contributed by atoms with Crippen LogP contribution < -0.4 is 0 Å². The van der Waals surface area contributed by atoms with E-state index in [1.54, 1.807) is 42.6 Å². The first kappa shape index (κ1) is 14.9. The summed E-state index contributed by atoms with van der Waals surface area (Å²) in [4.78, 5) is 17.7. The molecule has 1 atom stereocenters. The smallest absolute Gasteiger partial charge is 0.246 e. The SMILES string of the molecule is CC(c1ccc(F)cc1)N(C)C(=O)/C=C/c1cccnc1. The van der Waals surface area contributed by atoms with Crippen molar-refractivity contribution < 1.29 is 9.18 Å². The highest BCUT2D eigenvalue weighted by Crippen LogP contribution is 2.19. The highest BCUT2D eigenvalue weighted by atomic mass is 19.1. The van der Waals surface area contributed by atoms with Gasteiger partial charge in [0.15, 0.2) is 0 Å². The van der Waals surface area contributed by atoms with Crippen LogP contribution in [0.1, 0.15) is 24.1 Å². The molecular formula is C17H17FN2O. The Labute approximate surface area is 123 Å². The number of amides is 1. The lowest BCUT2D eigenvalue weighted by atomic mass is 10.1. The molecule has 0 aliphatic carbocycles. The fraction of sp³-hybridized carbons (Fsp3) is 0.176. The van der Waals surface area contributed by atoms with Gasteiger partial charge in [-0.2, -0.15) is 0 Å². The van der Waals surface area contributed by atoms with Crippen LogP contribution in [-0.4, -0.2) is 22.8 Å². The molecule has 1 unspecified atom stereocenters. The minimum absolute atomic E-state index is 0.115. The maximum absolute atomic E-state index is 12.9. The van der Waals surface area contributed by atoms with Crippen LogP contribution in [0.15, 0.2) is 54.9 Å². The predicted molar refractivity (Wildman–Crippen MR) is 80.9 cm³/mol. The number of hydrogen-bond donors (Lipinski definition) is 0. The Kier molecular flexibility index (Phi) is 4.82. The highest BCUT2D eigenvalue weighted by Gasteiger charge is 2.15. The number of nitrogens with zero attached hydrogens (tertiary/aromatic N) is 2. The third-order valence-electron chi connectivity index (χ3n) is 3.38. The summed E-state index contributed by atoms with van der Waals surface area (Å²) in [6, 6.07) is 9.74. The molecule has 1 amide bonds. The van der Waals surface area contributed by atoms with Gasteiger partial charge in [0, 0.05) is 25.5 Å². The van der Waals surface area contributed by atoms with E-state index >= 15 is 0 Å². The Hall–Kier alpha value is -2.49. The molecule has 4 heteroatoms. The molecule has 0 radical (unpaired) electrons. The van der Waals surface area contributed by atoms with Crippen LogP contribution in [-0.2, 0) is 4.79 Å². The van der Waals surface area contributed by atoms with Gasteiger partial charge >= 0.3 is 0 Å². The van der Waals surface area contributed by atoms with E-state index in [9.17, 15) is 9.18 Å². The quantitative estimate of drug-likeness (QED) is 0.806. The van der Waals surface area contributed by atoms with Crippen LogP contribution in [0.4, 0.5) is 4.39 Å². The first-order valence-corrected chi connectivity index (χ1v) is 6.68. The molecule has 0 aliphatic heterocycles. The van der Waals surface area contributed by atoms with E-state index in [1.165, 1.54) is 18.2 Å². The van der Waals surface area contributed by atoms with Crippen molar-refractivity contribution in [1.29, 1.82) is 0 Å². The average Bonchev–Trinajstić information content (AvgIpc) is 2.53. The Morgan fingerprint density at radius 3 is 2.62 bits per heavy atom. The van der Waals surface area contributed by atoms with Crippen molar-refractivity contribution in [1.82, 2.24) is 9.88 Å². The number of hydrogen-bond acceptors (Lipinski definition) is 2. The zero-order valence-corrected chi connectivity index (χ0v) is 12.0. The summed E-state index contributed by atoms with van der Waals surface area (Å²) in [5, 5.41) is 0. The largest absolute Gasteiger partial charge is 0.335 e. The first-order chi connectivity index (χ1) is 10.1. The van der Waals surface area contributed by atoms with Gasteiger partial charge in [-0.05, 0) is 42.3 Å². The molecule has 0 saturated carbocycles.